The largest absolute Gasteiger partial charge is 0.291 e. The zero-order valence-electron chi connectivity index (χ0n) is 12.3. The average molecular weight is 304 g/mol. The van der Waals surface area contributed by atoms with E-state index in [9.17, 15) is 0 Å². The van der Waals surface area contributed by atoms with E-state index in [1.807, 2.05) is 0 Å². The second-order valence-corrected chi connectivity index (χ2v) is 6.57. The van der Waals surface area contributed by atoms with E-state index < -0.39 is 0 Å². The Balaban J connectivity index is 1.65. The van der Waals surface area contributed by atoms with Gasteiger partial charge in [-0.3, -0.25) is 5.43 Å². The molecule has 0 saturated heterocycles. The number of aryl methyl sites for hydroxylation is 1. The average Bonchev–Trinajstić information content (AvgIpc) is 3.05. The van der Waals surface area contributed by atoms with Crippen LogP contribution in [-0.4, -0.2) is 5.04 Å². The Kier molecular flexibility index (Phi) is 3.35. The fourth-order valence-electron chi connectivity index (χ4n) is 2.72. The summed E-state index contributed by atoms with van der Waals surface area (Å²) in [4.78, 5) is 0. The van der Waals surface area contributed by atoms with Crippen LogP contribution in [0, 0.1) is 6.92 Å². The zero-order chi connectivity index (χ0) is 14.9. The van der Waals surface area contributed by atoms with Crippen LogP contribution in [0.4, 0.5) is 0 Å². The third-order valence-corrected chi connectivity index (χ3v) is 5.06. The summed E-state index contributed by atoms with van der Waals surface area (Å²) in [7, 11) is 0. The molecule has 0 amide bonds. The van der Waals surface area contributed by atoms with E-state index in [1.165, 1.54) is 27.5 Å². The van der Waals surface area contributed by atoms with E-state index in [0.717, 1.165) is 5.04 Å². The van der Waals surface area contributed by atoms with Gasteiger partial charge in [-0.2, -0.15) is 5.10 Å². The summed E-state index contributed by atoms with van der Waals surface area (Å²) in [6, 6.07) is 23.5. The van der Waals surface area contributed by atoms with Gasteiger partial charge in [0.05, 0.1) is 0 Å². The van der Waals surface area contributed by atoms with Crippen LogP contribution in [0.15, 0.2) is 71.8 Å². The first-order valence-electron chi connectivity index (χ1n) is 7.36. The van der Waals surface area contributed by atoms with E-state index in [0.29, 0.717) is 0 Å². The minimum Gasteiger partial charge on any atom is -0.291 e. The standard InChI is InChI=1S/C19H16N2S/c1-13-9-11-15(12-10-13)18-20-21-19(22-18)17-8-4-6-14-5-2-3-7-16(14)17/h2-12,19,21H,1H3. The van der Waals surface area contributed by atoms with Crippen LogP contribution in [0.5, 0.6) is 0 Å². The van der Waals surface area contributed by atoms with Gasteiger partial charge in [0, 0.05) is 5.56 Å². The number of thioether (sulfide) groups is 1. The third-order valence-electron chi connectivity index (χ3n) is 3.92. The van der Waals surface area contributed by atoms with Crippen molar-refractivity contribution in [1.82, 2.24) is 5.43 Å². The maximum absolute atomic E-state index is 4.53. The first kappa shape index (κ1) is 13.4. The van der Waals surface area contributed by atoms with Crippen molar-refractivity contribution in [3.8, 4) is 0 Å². The molecule has 3 heteroatoms. The summed E-state index contributed by atoms with van der Waals surface area (Å²) in [5.74, 6) is 0. The maximum atomic E-state index is 4.53. The van der Waals surface area contributed by atoms with Crippen molar-refractivity contribution in [2.45, 2.75) is 12.3 Å². The predicted octanol–water partition coefficient (Wildman–Crippen LogP) is 4.85. The van der Waals surface area contributed by atoms with Gasteiger partial charge in [0.1, 0.15) is 10.4 Å². The lowest BCUT2D eigenvalue weighted by Gasteiger charge is -2.12. The van der Waals surface area contributed by atoms with E-state index in [1.54, 1.807) is 11.8 Å². The lowest BCUT2D eigenvalue weighted by Crippen LogP contribution is -2.06. The molecule has 0 fully saturated rings. The minimum absolute atomic E-state index is 0.169. The van der Waals surface area contributed by atoms with Crippen molar-refractivity contribution < 1.29 is 0 Å². The number of benzene rings is 3. The summed E-state index contributed by atoms with van der Waals surface area (Å²) < 4.78 is 0. The molecule has 0 saturated carbocycles. The number of hydrazone groups is 1. The Hall–Kier alpha value is -2.26. The van der Waals surface area contributed by atoms with Crippen molar-refractivity contribution >= 4 is 27.6 Å². The van der Waals surface area contributed by atoms with Gasteiger partial charge >= 0.3 is 0 Å². The SMILES string of the molecule is Cc1ccc(C2=NNC(c3cccc4ccccc34)S2)cc1. The quantitative estimate of drug-likeness (QED) is 0.732. The van der Waals surface area contributed by atoms with Crippen molar-refractivity contribution in [1.29, 1.82) is 0 Å². The summed E-state index contributed by atoms with van der Waals surface area (Å²) in [5, 5.41) is 8.31. The maximum Gasteiger partial charge on any atom is 0.126 e. The smallest absolute Gasteiger partial charge is 0.126 e. The minimum atomic E-state index is 0.169. The summed E-state index contributed by atoms with van der Waals surface area (Å²) in [5.41, 5.74) is 7.01. The molecule has 1 unspecified atom stereocenters. The third kappa shape index (κ3) is 2.38. The highest BCUT2D eigenvalue weighted by Gasteiger charge is 2.23. The van der Waals surface area contributed by atoms with Crippen LogP contribution in [0.1, 0.15) is 22.1 Å². The summed E-state index contributed by atoms with van der Waals surface area (Å²) in [6.07, 6.45) is 0. The highest BCUT2D eigenvalue weighted by molar-refractivity contribution is 8.14. The van der Waals surface area contributed by atoms with Crippen molar-refractivity contribution in [3.05, 3.63) is 83.4 Å². The van der Waals surface area contributed by atoms with Gasteiger partial charge < -0.3 is 0 Å². The Labute approximate surface area is 134 Å². The monoisotopic (exact) mass is 304 g/mol. The van der Waals surface area contributed by atoms with E-state index in [2.05, 4.69) is 84.2 Å². The number of fused-ring (bicyclic) bond motifs is 1. The number of rotatable bonds is 2. The van der Waals surface area contributed by atoms with Crippen LogP contribution in [-0.2, 0) is 0 Å². The fraction of sp³-hybridized carbons (Fsp3) is 0.105. The molecular formula is C19H16N2S. The van der Waals surface area contributed by atoms with E-state index in [-0.39, 0.29) is 5.37 Å². The molecule has 1 aliphatic heterocycles. The van der Waals surface area contributed by atoms with Gasteiger partial charge in [0.25, 0.3) is 0 Å². The normalized spacial score (nSPS) is 17.3. The number of hydrogen-bond donors (Lipinski definition) is 1. The highest BCUT2D eigenvalue weighted by atomic mass is 32.2. The molecule has 1 aliphatic rings. The molecule has 3 aromatic carbocycles. The van der Waals surface area contributed by atoms with Crippen molar-refractivity contribution in [2.24, 2.45) is 5.10 Å². The molecule has 1 atom stereocenters. The molecule has 3 aromatic rings. The first-order chi connectivity index (χ1) is 10.8. The molecule has 0 bridgehead atoms. The van der Waals surface area contributed by atoms with Gasteiger partial charge in [0.15, 0.2) is 0 Å². The molecule has 22 heavy (non-hydrogen) atoms. The van der Waals surface area contributed by atoms with Gasteiger partial charge in [-0.1, -0.05) is 84.1 Å². The van der Waals surface area contributed by atoms with Crippen molar-refractivity contribution in [3.63, 3.8) is 0 Å². The summed E-state index contributed by atoms with van der Waals surface area (Å²) >= 11 is 1.78. The van der Waals surface area contributed by atoms with Crippen LogP contribution in [0.2, 0.25) is 0 Å². The molecule has 0 aromatic heterocycles. The topological polar surface area (TPSA) is 24.4 Å². The predicted molar refractivity (Wildman–Crippen MR) is 95.1 cm³/mol. The Morgan fingerprint density at radius 2 is 1.68 bits per heavy atom. The molecule has 1 N–H and O–H groups in total. The van der Waals surface area contributed by atoms with Gasteiger partial charge in [-0.15, -0.1) is 0 Å². The molecular weight excluding hydrogens is 288 g/mol. The Bertz CT molecular complexity index is 847. The van der Waals surface area contributed by atoms with Crippen LogP contribution in [0.25, 0.3) is 10.8 Å². The molecule has 108 valence electrons. The van der Waals surface area contributed by atoms with Crippen LogP contribution >= 0.6 is 11.8 Å². The molecule has 2 nitrogen and oxygen atoms in total. The molecule has 1 heterocycles. The lowest BCUT2D eigenvalue weighted by atomic mass is 10.0. The van der Waals surface area contributed by atoms with Crippen LogP contribution in [0.3, 0.4) is 0 Å². The molecule has 4 rings (SSSR count). The Morgan fingerprint density at radius 3 is 2.55 bits per heavy atom. The second kappa shape index (κ2) is 5.50. The van der Waals surface area contributed by atoms with Gasteiger partial charge in [-0.05, 0) is 23.3 Å². The van der Waals surface area contributed by atoms with E-state index in [4.69, 9.17) is 0 Å². The zero-order valence-corrected chi connectivity index (χ0v) is 13.1. The van der Waals surface area contributed by atoms with Gasteiger partial charge in [0.2, 0.25) is 0 Å². The molecule has 0 spiro atoms. The van der Waals surface area contributed by atoms with Gasteiger partial charge in [-0.25, -0.2) is 0 Å². The highest BCUT2D eigenvalue weighted by Crippen LogP contribution is 2.37. The number of nitrogens with one attached hydrogen (secondary N) is 1. The van der Waals surface area contributed by atoms with Crippen molar-refractivity contribution in [2.75, 3.05) is 0 Å². The fourth-order valence-corrected chi connectivity index (χ4v) is 3.76. The first-order valence-corrected chi connectivity index (χ1v) is 8.24. The summed E-state index contributed by atoms with van der Waals surface area (Å²) in [6.45, 7) is 2.10. The van der Waals surface area contributed by atoms with E-state index >= 15 is 0 Å². The lowest BCUT2D eigenvalue weighted by molar-refractivity contribution is 0.748. The molecule has 0 radical (unpaired) electrons. The number of hydrogen-bond acceptors (Lipinski definition) is 3. The Morgan fingerprint density at radius 1 is 0.909 bits per heavy atom. The number of nitrogens with zero attached hydrogens (tertiary/aromatic N) is 1. The van der Waals surface area contributed by atoms with Crippen LogP contribution < -0.4 is 5.43 Å². The second-order valence-electron chi connectivity index (χ2n) is 5.48. The molecule has 0 aliphatic carbocycles.